The van der Waals surface area contributed by atoms with Crippen molar-refractivity contribution >= 4 is 11.0 Å². The second kappa shape index (κ2) is 9.77. The molecule has 5 heteroatoms. The molecule has 0 aliphatic carbocycles. The smallest absolute Gasteiger partial charge is 0.306 e. The number of H-pyrrole nitrogens is 1. The van der Waals surface area contributed by atoms with Gasteiger partial charge in [0.1, 0.15) is 0 Å². The van der Waals surface area contributed by atoms with E-state index in [2.05, 4.69) is 94.5 Å². The van der Waals surface area contributed by atoms with Crippen molar-refractivity contribution in [3.05, 3.63) is 106 Å². The highest BCUT2D eigenvalue weighted by molar-refractivity contribution is 5.75. The van der Waals surface area contributed by atoms with Crippen molar-refractivity contribution in [3.8, 4) is 0 Å². The van der Waals surface area contributed by atoms with Crippen LogP contribution in [0.25, 0.3) is 11.0 Å². The molecule has 1 fully saturated rings. The molecule has 0 unspecified atom stereocenters. The molecule has 170 valence electrons. The summed E-state index contributed by atoms with van der Waals surface area (Å²) in [5.41, 5.74) is 5.80. The minimum atomic E-state index is -0.00557. The molecule has 0 bridgehead atoms. The Labute approximate surface area is 195 Å². The van der Waals surface area contributed by atoms with Gasteiger partial charge in [0.25, 0.3) is 0 Å². The van der Waals surface area contributed by atoms with Crippen molar-refractivity contribution in [2.24, 2.45) is 0 Å². The summed E-state index contributed by atoms with van der Waals surface area (Å²) in [5.74, 6) is 0. The van der Waals surface area contributed by atoms with Crippen LogP contribution in [0.2, 0.25) is 0 Å². The lowest BCUT2D eigenvalue weighted by Gasteiger charge is -2.39. The summed E-state index contributed by atoms with van der Waals surface area (Å²) in [6.45, 7) is 8.01. The molecular formula is C28H32N4O. The van der Waals surface area contributed by atoms with Crippen LogP contribution in [0.5, 0.6) is 0 Å². The minimum absolute atomic E-state index is 0.00557. The van der Waals surface area contributed by atoms with E-state index in [4.69, 9.17) is 0 Å². The normalized spacial score (nSPS) is 15.5. The standard InChI is InChI=1S/C28H32N4O/c1-22-13-14-26-25(21-22)29-28(33)32(26)16-8-15-30-17-19-31(20-18-30)27(23-9-4-2-5-10-23)24-11-6-3-7-12-24/h2-7,9-14,21,27H,8,15-20H2,1H3,(H,29,33). The fourth-order valence-electron chi connectivity index (χ4n) is 5.08. The molecule has 1 saturated heterocycles. The summed E-state index contributed by atoms with van der Waals surface area (Å²) >= 11 is 0. The van der Waals surface area contributed by atoms with Gasteiger partial charge in [0.15, 0.2) is 0 Å². The number of rotatable bonds is 7. The number of hydrogen-bond acceptors (Lipinski definition) is 3. The molecule has 1 N–H and O–H groups in total. The van der Waals surface area contributed by atoms with Crippen molar-refractivity contribution in [1.29, 1.82) is 0 Å². The van der Waals surface area contributed by atoms with Crippen LogP contribution in [0.1, 0.15) is 29.2 Å². The molecule has 1 aliphatic rings. The van der Waals surface area contributed by atoms with Crippen LogP contribution in [0.4, 0.5) is 0 Å². The first-order valence-corrected chi connectivity index (χ1v) is 11.9. The lowest BCUT2D eigenvalue weighted by atomic mass is 9.96. The largest absolute Gasteiger partial charge is 0.326 e. The fraction of sp³-hybridized carbons (Fsp3) is 0.321. The zero-order chi connectivity index (χ0) is 22.6. The Kier molecular flexibility index (Phi) is 6.42. The predicted molar refractivity (Wildman–Crippen MR) is 135 cm³/mol. The third-order valence-electron chi connectivity index (χ3n) is 6.79. The summed E-state index contributed by atoms with van der Waals surface area (Å²) in [6, 6.07) is 28.1. The van der Waals surface area contributed by atoms with Crippen molar-refractivity contribution in [1.82, 2.24) is 19.4 Å². The molecule has 0 radical (unpaired) electrons. The van der Waals surface area contributed by atoms with E-state index in [0.717, 1.165) is 62.3 Å². The van der Waals surface area contributed by atoms with Gasteiger partial charge in [0, 0.05) is 32.7 Å². The zero-order valence-electron chi connectivity index (χ0n) is 19.3. The molecule has 2 heterocycles. The number of hydrogen-bond donors (Lipinski definition) is 1. The molecule has 3 aromatic carbocycles. The van der Waals surface area contributed by atoms with Crippen LogP contribution in [0.3, 0.4) is 0 Å². The molecule has 1 aliphatic heterocycles. The van der Waals surface area contributed by atoms with E-state index >= 15 is 0 Å². The quantitative estimate of drug-likeness (QED) is 0.462. The Morgan fingerprint density at radius 3 is 2.09 bits per heavy atom. The summed E-state index contributed by atoms with van der Waals surface area (Å²) < 4.78 is 1.88. The highest BCUT2D eigenvalue weighted by Crippen LogP contribution is 2.29. The van der Waals surface area contributed by atoms with Crippen molar-refractivity contribution in [2.45, 2.75) is 25.9 Å². The van der Waals surface area contributed by atoms with E-state index in [1.165, 1.54) is 11.1 Å². The first kappa shape index (κ1) is 21.7. The number of imidazole rings is 1. The van der Waals surface area contributed by atoms with Crippen LogP contribution in [-0.4, -0.2) is 52.1 Å². The molecule has 4 aromatic rings. The number of nitrogens with one attached hydrogen (secondary N) is 1. The monoisotopic (exact) mass is 440 g/mol. The minimum Gasteiger partial charge on any atom is -0.306 e. The van der Waals surface area contributed by atoms with E-state index < -0.39 is 0 Å². The Bertz CT molecular complexity index is 1200. The number of nitrogens with zero attached hydrogens (tertiary/aromatic N) is 3. The van der Waals surface area contributed by atoms with Crippen molar-refractivity contribution < 1.29 is 0 Å². The number of aryl methyl sites for hydroxylation is 2. The van der Waals surface area contributed by atoms with Crippen molar-refractivity contribution in [2.75, 3.05) is 32.7 Å². The van der Waals surface area contributed by atoms with Gasteiger partial charge in [-0.15, -0.1) is 0 Å². The van der Waals surface area contributed by atoms with Gasteiger partial charge >= 0.3 is 5.69 Å². The summed E-state index contributed by atoms with van der Waals surface area (Å²) in [5, 5.41) is 0. The number of benzene rings is 3. The van der Waals surface area contributed by atoms with Gasteiger partial charge < -0.3 is 9.88 Å². The molecule has 0 spiro atoms. The Hall–Kier alpha value is -3.15. The molecule has 1 aromatic heterocycles. The van der Waals surface area contributed by atoms with Gasteiger partial charge in [0.05, 0.1) is 17.1 Å². The van der Waals surface area contributed by atoms with Gasteiger partial charge in [-0.1, -0.05) is 66.7 Å². The maximum absolute atomic E-state index is 12.4. The third kappa shape index (κ3) is 4.80. The average molecular weight is 441 g/mol. The maximum Gasteiger partial charge on any atom is 0.326 e. The first-order chi connectivity index (χ1) is 16.2. The molecule has 0 saturated carbocycles. The Morgan fingerprint density at radius 2 is 1.45 bits per heavy atom. The summed E-state index contributed by atoms with van der Waals surface area (Å²) in [7, 11) is 0. The van der Waals surface area contributed by atoms with E-state index in [1.54, 1.807) is 0 Å². The van der Waals surface area contributed by atoms with Gasteiger partial charge in [-0.3, -0.25) is 9.47 Å². The van der Waals surface area contributed by atoms with Gasteiger partial charge in [0.2, 0.25) is 0 Å². The third-order valence-corrected chi connectivity index (χ3v) is 6.79. The number of fused-ring (bicyclic) bond motifs is 1. The second-order valence-corrected chi connectivity index (χ2v) is 9.06. The predicted octanol–water partition coefficient (Wildman–Crippen LogP) is 4.44. The van der Waals surface area contributed by atoms with Gasteiger partial charge in [-0.2, -0.15) is 0 Å². The highest BCUT2D eigenvalue weighted by atomic mass is 16.1. The summed E-state index contributed by atoms with van der Waals surface area (Å²) in [6.07, 6.45) is 0.974. The zero-order valence-corrected chi connectivity index (χ0v) is 19.3. The van der Waals surface area contributed by atoms with Crippen LogP contribution < -0.4 is 5.69 Å². The van der Waals surface area contributed by atoms with Gasteiger partial charge in [-0.05, 0) is 48.7 Å². The molecule has 0 amide bonds. The molecular weight excluding hydrogens is 408 g/mol. The topological polar surface area (TPSA) is 44.3 Å². The maximum atomic E-state index is 12.4. The molecule has 5 nitrogen and oxygen atoms in total. The first-order valence-electron chi connectivity index (χ1n) is 11.9. The lowest BCUT2D eigenvalue weighted by Crippen LogP contribution is -2.48. The van der Waals surface area contributed by atoms with E-state index in [1.807, 2.05) is 10.6 Å². The Balaban J connectivity index is 1.20. The summed E-state index contributed by atoms with van der Waals surface area (Å²) in [4.78, 5) is 20.5. The molecule has 33 heavy (non-hydrogen) atoms. The SMILES string of the molecule is Cc1ccc2c(c1)[nH]c(=O)n2CCCN1CCN(C(c2ccccc2)c2ccccc2)CC1. The molecule has 0 atom stereocenters. The fourth-order valence-corrected chi connectivity index (χ4v) is 5.08. The van der Waals surface area contributed by atoms with Crippen LogP contribution in [0, 0.1) is 6.92 Å². The van der Waals surface area contributed by atoms with Gasteiger partial charge in [-0.25, -0.2) is 4.79 Å². The Morgan fingerprint density at radius 1 is 0.818 bits per heavy atom. The average Bonchev–Trinajstić information content (AvgIpc) is 3.15. The van der Waals surface area contributed by atoms with E-state index in [-0.39, 0.29) is 5.69 Å². The number of aromatic nitrogens is 2. The van der Waals surface area contributed by atoms with E-state index in [0.29, 0.717) is 6.04 Å². The lowest BCUT2D eigenvalue weighted by molar-refractivity contribution is 0.108. The number of piperazine rings is 1. The van der Waals surface area contributed by atoms with Crippen molar-refractivity contribution in [3.63, 3.8) is 0 Å². The molecule has 5 rings (SSSR count). The highest BCUT2D eigenvalue weighted by Gasteiger charge is 2.26. The van der Waals surface area contributed by atoms with Crippen LogP contribution in [0.15, 0.2) is 83.7 Å². The number of aromatic amines is 1. The van der Waals surface area contributed by atoms with E-state index in [9.17, 15) is 4.79 Å². The van der Waals surface area contributed by atoms with Crippen LogP contribution in [-0.2, 0) is 6.54 Å². The second-order valence-electron chi connectivity index (χ2n) is 9.06. The van der Waals surface area contributed by atoms with Crippen LogP contribution >= 0.6 is 0 Å².